The van der Waals surface area contributed by atoms with E-state index in [2.05, 4.69) is 5.32 Å². The molecule has 1 aromatic carbocycles. The number of anilines is 1. The Morgan fingerprint density at radius 3 is 2.78 bits per heavy atom. The van der Waals surface area contributed by atoms with Gasteiger partial charge in [-0.1, -0.05) is 19.1 Å². The third kappa shape index (κ3) is 3.32. The van der Waals surface area contributed by atoms with Crippen LogP contribution in [0.5, 0.6) is 0 Å². The molecule has 4 nitrogen and oxygen atoms in total. The molecule has 96 valence electrons. The first-order valence-electron chi connectivity index (χ1n) is 6.09. The maximum atomic E-state index is 11.6. The number of rotatable bonds is 4. The molecule has 2 unspecified atom stereocenters. The van der Waals surface area contributed by atoms with Crippen molar-refractivity contribution in [3.8, 4) is 0 Å². The summed E-state index contributed by atoms with van der Waals surface area (Å²) in [6.07, 6.45) is 0.873. The lowest BCUT2D eigenvalue weighted by molar-refractivity contribution is -0.148. The van der Waals surface area contributed by atoms with Crippen LogP contribution in [-0.4, -0.2) is 18.5 Å². The van der Waals surface area contributed by atoms with Crippen LogP contribution in [0.15, 0.2) is 24.3 Å². The van der Waals surface area contributed by atoms with Crippen molar-refractivity contribution in [2.45, 2.75) is 20.3 Å². The van der Waals surface area contributed by atoms with Crippen molar-refractivity contribution in [3.63, 3.8) is 0 Å². The van der Waals surface area contributed by atoms with E-state index in [9.17, 15) is 9.59 Å². The Hall–Kier alpha value is -1.84. The molecular weight excluding hydrogens is 230 g/mol. The first-order chi connectivity index (χ1) is 8.56. The Morgan fingerprint density at radius 2 is 2.17 bits per heavy atom. The van der Waals surface area contributed by atoms with Gasteiger partial charge in [0.25, 0.3) is 5.91 Å². The molecule has 2 atom stereocenters. The SMILES string of the molecule is Cc1cccc(NC(=O)COC(=O)C2CC2C)c1. The lowest BCUT2D eigenvalue weighted by atomic mass is 10.2. The molecule has 1 aliphatic rings. The third-order valence-electron chi connectivity index (χ3n) is 3.06. The smallest absolute Gasteiger partial charge is 0.309 e. The van der Waals surface area contributed by atoms with Gasteiger partial charge in [-0.3, -0.25) is 9.59 Å². The van der Waals surface area contributed by atoms with Gasteiger partial charge in [0, 0.05) is 5.69 Å². The number of esters is 1. The summed E-state index contributed by atoms with van der Waals surface area (Å²) in [4.78, 5) is 23.0. The van der Waals surface area contributed by atoms with Crippen molar-refractivity contribution in [2.24, 2.45) is 11.8 Å². The number of aryl methyl sites for hydroxylation is 1. The van der Waals surface area contributed by atoms with Crippen molar-refractivity contribution in [2.75, 3.05) is 11.9 Å². The summed E-state index contributed by atoms with van der Waals surface area (Å²) < 4.78 is 4.95. The van der Waals surface area contributed by atoms with Crippen LogP contribution in [0.2, 0.25) is 0 Å². The van der Waals surface area contributed by atoms with Crippen LogP contribution in [0.25, 0.3) is 0 Å². The van der Waals surface area contributed by atoms with E-state index in [0.29, 0.717) is 5.92 Å². The van der Waals surface area contributed by atoms with Crippen LogP contribution in [0, 0.1) is 18.8 Å². The summed E-state index contributed by atoms with van der Waals surface area (Å²) in [5, 5.41) is 2.69. The number of benzene rings is 1. The first kappa shape index (κ1) is 12.6. The summed E-state index contributed by atoms with van der Waals surface area (Å²) in [5.41, 5.74) is 1.78. The van der Waals surface area contributed by atoms with Gasteiger partial charge in [-0.15, -0.1) is 0 Å². The standard InChI is InChI=1S/C14H17NO3/c1-9-4-3-5-11(6-9)15-13(16)8-18-14(17)12-7-10(12)2/h3-6,10,12H,7-8H2,1-2H3,(H,15,16). The van der Waals surface area contributed by atoms with E-state index in [1.54, 1.807) is 6.07 Å². The summed E-state index contributed by atoms with van der Waals surface area (Å²) in [6.45, 7) is 3.74. The van der Waals surface area contributed by atoms with Crippen molar-refractivity contribution >= 4 is 17.6 Å². The molecule has 0 heterocycles. The van der Waals surface area contributed by atoms with E-state index >= 15 is 0 Å². The predicted molar refractivity (Wildman–Crippen MR) is 68.0 cm³/mol. The zero-order valence-corrected chi connectivity index (χ0v) is 10.6. The molecule has 1 fully saturated rings. The summed E-state index contributed by atoms with van der Waals surface area (Å²) in [5.74, 6) is -0.168. The minimum atomic E-state index is -0.303. The Morgan fingerprint density at radius 1 is 1.44 bits per heavy atom. The number of carbonyl (C=O) groups is 2. The molecule has 0 radical (unpaired) electrons. The van der Waals surface area contributed by atoms with Crippen LogP contribution < -0.4 is 5.32 Å². The zero-order chi connectivity index (χ0) is 13.1. The summed E-state index contributed by atoms with van der Waals surface area (Å²) in [7, 11) is 0. The normalized spacial score (nSPS) is 21.2. The van der Waals surface area contributed by atoms with Gasteiger partial charge >= 0.3 is 5.97 Å². The van der Waals surface area contributed by atoms with E-state index < -0.39 is 0 Å². The highest BCUT2D eigenvalue weighted by Gasteiger charge is 2.40. The Labute approximate surface area is 106 Å². The number of amides is 1. The predicted octanol–water partition coefficient (Wildman–Crippen LogP) is 2.13. The monoisotopic (exact) mass is 247 g/mol. The summed E-state index contributed by atoms with van der Waals surface area (Å²) >= 11 is 0. The van der Waals surface area contributed by atoms with E-state index in [1.807, 2.05) is 32.0 Å². The number of carbonyl (C=O) groups excluding carboxylic acids is 2. The minimum Gasteiger partial charge on any atom is -0.455 e. The van der Waals surface area contributed by atoms with Crippen LogP contribution in [0.3, 0.4) is 0 Å². The fraction of sp³-hybridized carbons (Fsp3) is 0.429. The fourth-order valence-electron chi connectivity index (χ4n) is 1.81. The second kappa shape index (κ2) is 5.21. The lowest BCUT2D eigenvalue weighted by Crippen LogP contribution is -2.21. The largest absolute Gasteiger partial charge is 0.455 e. The summed E-state index contributed by atoms with van der Waals surface area (Å²) in [6, 6.07) is 7.48. The molecule has 4 heteroatoms. The fourth-order valence-corrected chi connectivity index (χ4v) is 1.81. The van der Waals surface area contributed by atoms with Gasteiger partial charge in [0.05, 0.1) is 5.92 Å². The van der Waals surface area contributed by atoms with Gasteiger partial charge < -0.3 is 10.1 Å². The highest BCUT2D eigenvalue weighted by molar-refractivity contribution is 5.93. The Kier molecular flexibility index (Phi) is 3.65. The van der Waals surface area contributed by atoms with E-state index in [-0.39, 0.29) is 24.4 Å². The van der Waals surface area contributed by atoms with E-state index in [1.165, 1.54) is 0 Å². The molecule has 18 heavy (non-hydrogen) atoms. The Balaban J connectivity index is 1.77. The number of hydrogen-bond donors (Lipinski definition) is 1. The molecule has 0 spiro atoms. The highest BCUT2D eigenvalue weighted by Crippen LogP contribution is 2.38. The van der Waals surface area contributed by atoms with E-state index in [4.69, 9.17) is 4.74 Å². The first-order valence-corrected chi connectivity index (χ1v) is 6.09. The highest BCUT2D eigenvalue weighted by atomic mass is 16.5. The third-order valence-corrected chi connectivity index (χ3v) is 3.06. The van der Waals surface area contributed by atoms with Crippen LogP contribution in [0.4, 0.5) is 5.69 Å². The Bertz CT molecular complexity index is 470. The zero-order valence-electron chi connectivity index (χ0n) is 10.6. The van der Waals surface area contributed by atoms with Crippen molar-refractivity contribution in [3.05, 3.63) is 29.8 Å². The van der Waals surface area contributed by atoms with Gasteiger partial charge in [-0.2, -0.15) is 0 Å². The molecule has 1 amide bonds. The van der Waals surface area contributed by atoms with Gasteiger partial charge in [0.2, 0.25) is 0 Å². The molecule has 0 aromatic heterocycles. The number of ether oxygens (including phenoxy) is 1. The average Bonchev–Trinajstić information content (AvgIpc) is 3.03. The van der Waals surface area contributed by atoms with Crippen molar-refractivity contribution < 1.29 is 14.3 Å². The van der Waals surface area contributed by atoms with Crippen molar-refractivity contribution in [1.82, 2.24) is 0 Å². The minimum absolute atomic E-state index is 0.00299. The van der Waals surface area contributed by atoms with Crippen molar-refractivity contribution in [1.29, 1.82) is 0 Å². The van der Waals surface area contributed by atoms with Crippen LogP contribution in [0.1, 0.15) is 18.9 Å². The molecular formula is C14H17NO3. The number of hydrogen-bond acceptors (Lipinski definition) is 3. The maximum absolute atomic E-state index is 11.6. The number of nitrogens with one attached hydrogen (secondary N) is 1. The van der Waals surface area contributed by atoms with Gasteiger partial charge in [0.15, 0.2) is 6.61 Å². The van der Waals surface area contributed by atoms with Gasteiger partial charge in [-0.05, 0) is 37.0 Å². The second-order valence-electron chi connectivity index (χ2n) is 4.84. The molecule has 0 bridgehead atoms. The van der Waals surface area contributed by atoms with Crippen LogP contribution >= 0.6 is 0 Å². The average molecular weight is 247 g/mol. The molecule has 1 aliphatic carbocycles. The topological polar surface area (TPSA) is 55.4 Å². The van der Waals surface area contributed by atoms with Gasteiger partial charge in [-0.25, -0.2) is 0 Å². The molecule has 1 saturated carbocycles. The molecule has 0 saturated heterocycles. The lowest BCUT2D eigenvalue weighted by Gasteiger charge is -2.06. The van der Waals surface area contributed by atoms with E-state index in [0.717, 1.165) is 17.7 Å². The molecule has 2 rings (SSSR count). The van der Waals surface area contributed by atoms with Crippen LogP contribution in [-0.2, 0) is 14.3 Å². The van der Waals surface area contributed by atoms with Gasteiger partial charge in [0.1, 0.15) is 0 Å². The molecule has 1 N–H and O–H groups in total. The molecule has 0 aliphatic heterocycles. The molecule has 1 aromatic rings. The quantitative estimate of drug-likeness (QED) is 0.829. The second-order valence-corrected chi connectivity index (χ2v) is 4.84. The maximum Gasteiger partial charge on any atom is 0.309 e.